The Balaban J connectivity index is 1.44. The molecule has 1 aromatic rings. The van der Waals surface area contributed by atoms with Gasteiger partial charge in [-0.25, -0.2) is 0 Å². The molecule has 1 N–H and O–H groups in total. The normalized spacial score (nSPS) is 32.8. The summed E-state index contributed by atoms with van der Waals surface area (Å²) in [5, 5.41) is 3.66. The fourth-order valence-electron chi connectivity index (χ4n) is 4.51. The number of halogens is 1. The molecule has 3 aliphatic carbocycles. The predicted molar refractivity (Wildman–Crippen MR) is 83.2 cm³/mol. The SMILES string of the molecule is COC(=O)C1(C23CC(NC(=O)c4cccc(Cl)c4)(C2)C3)COC1. The molecule has 4 aliphatic rings. The summed E-state index contributed by atoms with van der Waals surface area (Å²) in [5.74, 6) is -0.295. The molecule has 1 amide bonds. The highest BCUT2D eigenvalue weighted by Crippen LogP contribution is 2.75. The fraction of sp³-hybridized carbons (Fsp3) is 0.529. The van der Waals surface area contributed by atoms with Crippen molar-refractivity contribution in [3.63, 3.8) is 0 Å². The summed E-state index contributed by atoms with van der Waals surface area (Å²) < 4.78 is 10.3. The Morgan fingerprint density at radius 2 is 1.96 bits per heavy atom. The van der Waals surface area contributed by atoms with Crippen LogP contribution in [0, 0.1) is 10.8 Å². The molecule has 0 unspecified atom stereocenters. The zero-order valence-corrected chi connectivity index (χ0v) is 13.6. The average Bonchev–Trinajstić information content (AvgIpc) is 2.41. The maximum absolute atomic E-state index is 12.4. The summed E-state index contributed by atoms with van der Waals surface area (Å²) in [5.41, 5.74) is -0.203. The van der Waals surface area contributed by atoms with E-state index < -0.39 is 5.41 Å². The molecule has 0 spiro atoms. The Hall–Kier alpha value is -1.59. The Morgan fingerprint density at radius 3 is 2.48 bits per heavy atom. The van der Waals surface area contributed by atoms with Crippen molar-refractivity contribution in [2.75, 3.05) is 20.3 Å². The highest BCUT2D eigenvalue weighted by molar-refractivity contribution is 6.30. The van der Waals surface area contributed by atoms with Gasteiger partial charge in [0.25, 0.3) is 5.91 Å². The molecule has 0 radical (unpaired) electrons. The van der Waals surface area contributed by atoms with Crippen LogP contribution >= 0.6 is 11.6 Å². The third-order valence-corrected chi connectivity index (χ3v) is 6.02. The number of methoxy groups -OCH3 is 1. The average molecular weight is 336 g/mol. The summed E-state index contributed by atoms with van der Waals surface area (Å²) in [6.07, 6.45) is 2.43. The number of esters is 1. The van der Waals surface area contributed by atoms with E-state index in [1.165, 1.54) is 7.11 Å². The van der Waals surface area contributed by atoms with E-state index in [-0.39, 0.29) is 22.8 Å². The van der Waals surface area contributed by atoms with Gasteiger partial charge >= 0.3 is 5.97 Å². The van der Waals surface area contributed by atoms with Gasteiger partial charge in [-0.15, -0.1) is 0 Å². The number of hydrogen-bond acceptors (Lipinski definition) is 4. The first-order valence-corrected chi connectivity index (χ1v) is 8.06. The van der Waals surface area contributed by atoms with E-state index in [0.29, 0.717) is 23.8 Å². The van der Waals surface area contributed by atoms with Crippen molar-refractivity contribution < 1.29 is 19.1 Å². The zero-order chi connectivity index (χ0) is 16.3. The largest absolute Gasteiger partial charge is 0.468 e. The Kier molecular flexibility index (Phi) is 3.06. The lowest BCUT2D eigenvalue weighted by Crippen LogP contribution is -2.83. The highest BCUT2D eigenvalue weighted by atomic mass is 35.5. The van der Waals surface area contributed by atoms with Gasteiger partial charge < -0.3 is 14.8 Å². The number of rotatable bonds is 4. The maximum atomic E-state index is 12.4. The summed E-state index contributed by atoms with van der Waals surface area (Å²) in [4.78, 5) is 24.5. The molecule has 0 atom stereocenters. The number of hydrogen-bond donors (Lipinski definition) is 1. The first-order chi connectivity index (χ1) is 10.9. The van der Waals surface area contributed by atoms with Crippen LogP contribution in [0.1, 0.15) is 29.6 Å². The number of amides is 1. The van der Waals surface area contributed by atoms with Crippen molar-refractivity contribution in [3.05, 3.63) is 34.9 Å². The van der Waals surface area contributed by atoms with E-state index in [0.717, 1.165) is 19.3 Å². The van der Waals surface area contributed by atoms with Gasteiger partial charge in [0, 0.05) is 16.1 Å². The molecule has 6 heteroatoms. The van der Waals surface area contributed by atoms with E-state index in [4.69, 9.17) is 21.1 Å². The smallest absolute Gasteiger partial charge is 0.317 e. The van der Waals surface area contributed by atoms with E-state index in [9.17, 15) is 9.59 Å². The molecule has 5 rings (SSSR count). The van der Waals surface area contributed by atoms with Gasteiger partial charge in [-0.1, -0.05) is 17.7 Å². The van der Waals surface area contributed by atoms with Gasteiger partial charge in [-0.2, -0.15) is 0 Å². The number of carbonyl (C=O) groups excluding carboxylic acids is 2. The third kappa shape index (κ3) is 1.90. The molecule has 23 heavy (non-hydrogen) atoms. The zero-order valence-electron chi connectivity index (χ0n) is 12.9. The van der Waals surface area contributed by atoms with Gasteiger partial charge in [0.1, 0.15) is 5.41 Å². The first-order valence-electron chi connectivity index (χ1n) is 7.69. The van der Waals surface area contributed by atoms with Crippen molar-refractivity contribution in [1.82, 2.24) is 5.32 Å². The predicted octanol–water partition coefficient (Wildman–Crippen LogP) is 2.18. The van der Waals surface area contributed by atoms with Crippen LogP contribution in [0.25, 0.3) is 0 Å². The van der Waals surface area contributed by atoms with Gasteiger partial charge in [0.15, 0.2) is 0 Å². The van der Waals surface area contributed by atoms with Crippen LogP contribution in [0.4, 0.5) is 0 Å². The molecular weight excluding hydrogens is 318 g/mol. The number of benzene rings is 1. The summed E-state index contributed by atoms with van der Waals surface area (Å²) in [6, 6.07) is 6.91. The van der Waals surface area contributed by atoms with Gasteiger partial charge in [0.05, 0.1) is 20.3 Å². The second-order valence-corrected chi connectivity index (χ2v) is 7.56. The minimum Gasteiger partial charge on any atom is -0.468 e. The third-order valence-electron chi connectivity index (χ3n) is 5.78. The molecule has 4 fully saturated rings. The molecule has 1 heterocycles. The highest BCUT2D eigenvalue weighted by Gasteiger charge is 2.79. The molecule has 0 aromatic heterocycles. The molecule has 1 aromatic carbocycles. The second kappa shape index (κ2) is 4.71. The van der Waals surface area contributed by atoms with Crippen LogP contribution in [0.2, 0.25) is 5.02 Å². The maximum Gasteiger partial charge on any atom is 0.317 e. The van der Waals surface area contributed by atoms with Crippen LogP contribution in [-0.2, 0) is 14.3 Å². The van der Waals surface area contributed by atoms with Crippen molar-refractivity contribution in [2.45, 2.75) is 24.8 Å². The number of carbonyl (C=O) groups is 2. The molecule has 1 aliphatic heterocycles. The Morgan fingerprint density at radius 1 is 1.26 bits per heavy atom. The Bertz CT molecular complexity index is 678. The summed E-state index contributed by atoms with van der Waals surface area (Å²) in [7, 11) is 1.42. The van der Waals surface area contributed by atoms with Gasteiger partial charge in [-0.05, 0) is 42.9 Å². The molecular formula is C17H18ClNO4. The summed E-state index contributed by atoms with van der Waals surface area (Å²) in [6.45, 7) is 0.857. The standard InChI is InChI=1S/C17H18ClNO4/c1-22-14(21)17(9-23-10-17)15-6-16(7-15,8-15)19-13(20)11-3-2-4-12(18)5-11/h2-5H,6-10H2,1H3,(H,19,20). The lowest BCUT2D eigenvalue weighted by Gasteiger charge is -2.76. The van der Waals surface area contributed by atoms with E-state index >= 15 is 0 Å². The van der Waals surface area contributed by atoms with E-state index in [2.05, 4.69) is 5.32 Å². The van der Waals surface area contributed by atoms with Crippen LogP contribution in [0.15, 0.2) is 24.3 Å². The molecule has 5 nitrogen and oxygen atoms in total. The molecule has 1 saturated heterocycles. The number of ether oxygens (including phenoxy) is 2. The molecule has 2 bridgehead atoms. The van der Waals surface area contributed by atoms with Crippen LogP contribution in [-0.4, -0.2) is 37.7 Å². The van der Waals surface area contributed by atoms with Crippen LogP contribution < -0.4 is 5.32 Å². The van der Waals surface area contributed by atoms with E-state index in [1.54, 1.807) is 24.3 Å². The van der Waals surface area contributed by atoms with Crippen molar-refractivity contribution in [2.24, 2.45) is 10.8 Å². The first kappa shape index (κ1) is 15.0. The van der Waals surface area contributed by atoms with Crippen molar-refractivity contribution in [3.8, 4) is 0 Å². The minimum absolute atomic E-state index is 0.0695. The lowest BCUT2D eigenvalue weighted by atomic mass is 9.31. The van der Waals surface area contributed by atoms with Crippen molar-refractivity contribution >= 4 is 23.5 Å². The fourth-order valence-corrected chi connectivity index (χ4v) is 4.70. The molecule has 122 valence electrons. The minimum atomic E-state index is -0.510. The lowest BCUT2D eigenvalue weighted by molar-refractivity contribution is -0.296. The van der Waals surface area contributed by atoms with Gasteiger partial charge in [0.2, 0.25) is 0 Å². The van der Waals surface area contributed by atoms with Crippen molar-refractivity contribution in [1.29, 1.82) is 0 Å². The quantitative estimate of drug-likeness (QED) is 0.857. The molecule has 3 saturated carbocycles. The van der Waals surface area contributed by atoms with E-state index in [1.807, 2.05) is 0 Å². The van der Waals surface area contributed by atoms with Crippen LogP contribution in [0.5, 0.6) is 0 Å². The Labute approximate surface area is 139 Å². The van der Waals surface area contributed by atoms with Gasteiger partial charge in [-0.3, -0.25) is 9.59 Å². The topological polar surface area (TPSA) is 64.6 Å². The second-order valence-electron chi connectivity index (χ2n) is 7.12. The summed E-state index contributed by atoms with van der Waals surface area (Å²) >= 11 is 5.93. The number of nitrogens with one attached hydrogen (secondary N) is 1. The monoisotopic (exact) mass is 335 g/mol. The van der Waals surface area contributed by atoms with Crippen LogP contribution in [0.3, 0.4) is 0 Å².